The van der Waals surface area contributed by atoms with Gasteiger partial charge >= 0.3 is 5.97 Å². The average Bonchev–Trinajstić information content (AvgIpc) is 3.04. The van der Waals surface area contributed by atoms with Crippen LogP contribution in [0, 0.1) is 23.7 Å². The van der Waals surface area contributed by atoms with Crippen molar-refractivity contribution < 1.29 is 59.0 Å². The normalized spacial score (nSPS) is 37.7. The van der Waals surface area contributed by atoms with E-state index in [0.717, 1.165) is 25.3 Å². The summed E-state index contributed by atoms with van der Waals surface area (Å²) in [6, 6.07) is 10.1. The van der Waals surface area contributed by atoms with E-state index in [1.807, 2.05) is 0 Å². The molecule has 0 aromatic heterocycles. The second-order valence-corrected chi connectivity index (χ2v) is 13.9. The number of benzene rings is 2. The van der Waals surface area contributed by atoms with E-state index in [-0.39, 0.29) is 29.2 Å². The van der Waals surface area contributed by atoms with Crippen molar-refractivity contribution >= 4 is 23.6 Å². The molecule has 12 nitrogen and oxygen atoms in total. The topological polar surface area (TPSA) is 174 Å². The molecular weight excluding hydrogens is 648 g/mol. The standard InChI is InChI=1S/C35H43ClO12/c1-18-12-21-14-19(2)34(23(13-18)15-21)35(43-3,48-47-34)25-10-6-22(7-11-27(38)39)32(28(25)36)44-17-20-4-8-24(9-5-20)45-33-31(42)30(41)29(40)26(16-37)46-33/h4-11,18-19,21,23,26,29-31,33,37,40-42H,12-17H2,1-3H3,(H,38,39)/b11-7+. The Hall–Kier alpha value is -2.78. The van der Waals surface area contributed by atoms with Gasteiger partial charge in [0.2, 0.25) is 6.29 Å². The fraction of sp³-hybridized carbons (Fsp3) is 0.571. The number of aliphatic hydroxyl groups is 4. The molecule has 13 heteroatoms. The maximum absolute atomic E-state index is 11.4. The number of hydrogen-bond acceptors (Lipinski definition) is 11. The third kappa shape index (κ3) is 6.01. The lowest BCUT2D eigenvalue weighted by Gasteiger charge is -2.65. The molecule has 4 aliphatic rings. The van der Waals surface area contributed by atoms with Crippen LogP contribution in [0.25, 0.3) is 6.08 Å². The Labute approximate surface area is 283 Å². The first kappa shape index (κ1) is 35.1. The van der Waals surface area contributed by atoms with Gasteiger partial charge in [-0.05, 0) is 73.1 Å². The van der Waals surface area contributed by atoms with Crippen molar-refractivity contribution in [2.45, 2.75) is 88.2 Å². The molecule has 2 aliphatic carbocycles. The Morgan fingerprint density at radius 1 is 1.00 bits per heavy atom. The summed E-state index contributed by atoms with van der Waals surface area (Å²) < 4.78 is 23.6. The zero-order valence-corrected chi connectivity index (χ0v) is 27.8. The second kappa shape index (κ2) is 13.9. The van der Waals surface area contributed by atoms with Gasteiger partial charge in [0.05, 0.1) is 11.6 Å². The van der Waals surface area contributed by atoms with Gasteiger partial charge in [0.1, 0.15) is 42.5 Å². The van der Waals surface area contributed by atoms with Gasteiger partial charge in [0.15, 0.2) is 5.60 Å². The number of carboxylic acids is 1. The van der Waals surface area contributed by atoms with Crippen molar-refractivity contribution in [1.29, 1.82) is 0 Å². The van der Waals surface area contributed by atoms with Crippen LogP contribution in [-0.4, -0.2) is 81.5 Å². The molecule has 2 aromatic carbocycles. The van der Waals surface area contributed by atoms with E-state index in [9.17, 15) is 30.3 Å². The number of carboxylic acid groups (broad SMARTS) is 1. The van der Waals surface area contributed by atoms with Gasteiger partial charge in [-0.2, -0.15) is 4.89 Å². The minimum Gasteiger partial charge on any atom is -0.487 e. The highest BCUT2D eigenvalue weighted by Crippen LogP contribution is 2.65. The summed E-state index contributed by atoms with van der Waals surface area (Å²) in [6.07, 6.45) is -0.438. The zero-order chi connectivity index (χ0) is 34.4. The Bertz CT molecular complexity index is 1490. The number of fused-ring (bicyclic) bond motifs is 3. The van der Waals surface area contributed by atoms with Gasteiger partial charge in [0, 0.05) is 24.3 Å². The summed E-state index contributed by atoms with van der Waals surface area (Å²) in [7, 11) is 1.58. The summed E-state index contributed by atoms with van der Waals surface area (Å²) in [5, 5.41) is 49.4. The SMILES string of the molecule is COC1(c2ccc(/C=C/C(=O)O)c(OCc3ccc(OC4OC(CO)C(O)C(O)C4O)cc3)c2Cl)OOC12C(C)CC1CC(C)CC2C1. The number of ether oxygens (including phenoxy) is 4. The lowest BCUT2D eigenvalue weighted by atomic mass is 9.54. The largest absolute Gasteiger partial charge is 0.487 e. The minimum atomic E-state index is -1.56. The first-order valence-electron chi connectivity index (χ1n) is 16.3. The Kier molecular flexibility index (Phi) is 10.1. The van der Waals surface area contributed by atoms with Crippen LogP contribution in [0.3, 0.4) is 0 Å². The maximum atomic E-state index is 11.4. The summed E-state index contributed by atoms with van der Waals surface area (Å²) in [4.78, 5) is 23.4. The third-order valence-electron chi connectivity index (χ3n) is 10.5. The highest BCUT2D eigenvalue weighted by molar-refractivity contribution is 6.33. The molecule has 2 bridgehead atoms. The van der Waals surface area contributed by atoms with E-state index >= 15 is 0 Å². The number of carbonyl (C=O) groups is 1. The van der Waals surface area contributed by atoms with Gasteiger partial charge in [-0.1, -0.05) is 49.7 Å². The molecular formula is C35H43ClO12. The molecule has 4 fully saturated rings. The monoisotopic (exact) mass is 690 g/mol. The van der Waals surface area contributed by atoms with Gasteiger partial charge in [-0.25, -0.2) is 9.68 Å². The Morgan fingerprint density at radius 3 is 2.40 bits per heavy atom. The summed E-state index contributed by atoms with van der Waals surface area (Å²) in [6.45, 7) is 3.91. The Morgan fingerprint density at radius 2 is 1.75 bits per heavy atom. The molecule has 0 amide bonds. The predicted octanol–water partition coefficient (Wildman–Crippen LogP) is 3.79. The van der Waals surface area contributed by atoms with Crippen molar-refractivity contribution in [3.8, 4) is 11.5 Å². The van der Waals surface area contributed by atoms with Crippen LogP contribution in [0.15, 0.2) is 42.5 Å². The number of rotatable bonds is 10. The first-order valence-corrected chi connectivity index (χ1v) is 16.7. The minimum absolute atomic E-state index is 0.0398. The molecule has 2 saturated carbocycles. The van der Waals surface area contributed by atoms with E-state index in [1.165, 1.54) is 12.5 Å². The fourth-order valence-electron chi connectivity index (χ4n) is 8.26. The van der Waals surface area contributed by atoms with Crippen LogP contribution in [0.5, 0.6) is 11.5 Å². The zero-order valence-electron chi connectivity index (χ0n) is 27.0. The van der Waals surface area contributed by atoms with Gasteiger partial charge in [0.25, 0.3) is 5.79 Å². The van der Waals surface area contributed by atoms with E-state index in [4.69, 9.17) is 40.3 Å². The molecule has 2 aromatic rings. The number of halogens is 1. The molecule has 2 aliphatic heterocycles. The van der Waals surface area contributed by atoms with Gasteiger partial charge in [-0.3, -0.25) is 0 Å². The van der Waals surface area contributed by atoms with Crippen molar-refractivity contribution in [2.75, 3.05) is 13.7 Å². The number of methoxy groups -OCH3 is 1. The number of aliphatic hydroxyl groups excluding tert-OH is 4. The van der Waals surface area contributed by atoms with Crippen molar-refractivity contribution in [1.82, 2.24) is 0 Å². The van der Waals surface area contributed by atoms with E-state index in [0.29, 0.717) is 34.3 Å². The summed E-state index contributed by atoms with van der Waals surface area (Å²) in [5.41, 5.74) is 0.919. The molecule has 11 unspecified atom stereocenters. The lowest BCUT2D eigenvalue weighted by molar-refractivity contribution is -0.641. The van der Waals surface area contributed by atoms with Crippen LogP contribution >= 0.6 is 11.6 Å². The molecule has 2 saturated heterocycles. The van der Waals surface area contributed by atoms with Crippen LogP contribution in [-0.2, 0) is 36.4 Å². The molecule has 262 valence electrons. The second-order valence-electron chi connectivity index (χ2n) is 13.6. The Balaban J connectivity index is 1.25. The van der Waals surface area contributed by atoms with Crippen LogP contribution in [0.2, 0.25) is 5.02 Å². The van der Waals surface area contributed by atoms with E-state index < -0.39 is 54.7 Å². The van der Waals surface area contributed by atoms with Crippen LogP contribution < -0.4 is 9.47 Å². The highest BCUT2D eigenvalue weighted by atomic mass is 35.5. The molecule has 5 N–H and O–H groups in total. The summed E-state index contributed by atoms with van der Waals surface area (Å²) >= 11 is 7.14. The van der Waals surface area contributed by atoms with Crippen molar-refractivity contribution in [2.24, 2.45) is 23.7 Å². The third-order valence-corrected chi connectivity index (χ3v) is 10.8. The van der Waals surface area contributed by atoms with Gasteiger partial charge < -0.3 is 44.5 Å². The van der Waals surface area contributed by atoms with Crippen molar-refractivity contribution in [3.63, 3.8) is 0 Å². The molecule has 11 atom stereocenters. The maximum Gasteiger partial charge on any atom is 0.328 e. The quantitative estimate of drug-likeness (QED) is 0.181. The molecule has 2 heterocycles. The lowest BCUT2D eigenvalue weighted by Crippen LogP contribution is -2.74. The smallest absolute Gasteiger partial charge is 0.328 e. The van der Waals surface area contributed by atoms with E-state index in [2.05, 4.69) is 13.8 Å². The molecule has 1 spiro atoms. The highest BCUT2D eigenvalue weighted by Gasteiger charge is 2.74. The van der Waals surface area contributed by atoms with Crippen LogP contribution in [0.4, 0.5) is 0 Å². The predicted molar refractivity (Wildman–Crippen MR) is 171 cm³/mol. The van der Waals surface area contributed by atoms with Crippen LogP contribution in [0.1, 0.15) is 56.2 Å². The fourth-order valence-corrected chi connectivity index (χ4v) is 8.62. The van der Waals surface area contributed by atoms with E-state index in [1.54, 1.807) is 43.5 Å². The summed E-state index contributed by atoms with van der Waals surface area (Å²) in [5.74, 6) is -0.410. The van der Waals surface area contributed by atoms with Crippen molar-refractivity contribution in [3.05, 3.63) is 64.2 Å². The number of hydrogen-bond donors (Lipinski definition) is 5. The first-order chi connectivity index (χ1) is 22.9. The van der Waals surface area contributed by atoms with Gasteiger partial charge in [-0.15, -0.1) is 0 Å². The average molecular weight is 691 g/mol. The molecule has 6 rings (SSSR count). The number of aliphatic carboxylic acids is 1. The molecule has 48 heavy (non-hydrogen) atoms. The molecule has 0 radical (unpaired) electrons.